The molecule has 0 aliphatic carbocycles. The predicted octanol–water partition coefficient (Wildman–Crippen LogP) is 4.38. The monoisotopic (exact) mass is 452 g/mol. The first kappa shape index (κ1) is 23.5. The van der Waals surface area contributed by atoms with Gasteiger partial charge in [-0.05, 0) is 42.5 Å². The van der Waals surface area contributed by atoms with E-state index < -0.39 is 11.9 Å². The lowest BCUT2D eigenvalue weighted by atomic mass is 10.0. The minimum absolute atomic E-state index is 0.113. The molecule has 0 radical (unpaired) electrons. The molecule has 0 bridgehead atoms. The Bertz CT molecular complexity index is 992. The second-order valence-electron chi connectivity index (χ2n) is 7.18. The van der Waals surface area contributed by atoms with Crippen LogP contribution in [0.1, 0.15) is 40.2 Å². The van der Waals surface area contributed by atoms with Gasteiger partial charge in [-0.25, -0.2) is 0 Å². The van der Waals surface area contributed by atoms with E-state index >= 15 is 0 Å². The number of phenols is 1. The number of carbonyl (C=O) groups is 2. The normalized spacial score (nSPS) is 11.7. The number of aromatic hydroxyl groups is 1. The van der Waals surface area contributed by atoms with Gasteiger partial charge in [0.05, 0.1) is 12.1 Å². The Labute approximate surface area is 192 Å². The van der Waals surface area contributed by atoms with Crippen molar-refractivity contribution in [1.82, 2.24) is 10.2 Å². The van der Waals surface area contributed by atoms with E-state index in [-0.39, 0.29) is 23.8 Å². The Morgan fingerprint density at radius 2 is 1.81 bits per heavy atom. The van der Waals surface area contributed by atoms with Crippen molar-refractivity contribution in [3.8, 4) is 5.75 Å². The van der Waals surface area contributed by atoms with Gasteiger partial charge in [0, 0.05) is 24.6 Å². The number of hydrogen-bond donors (Lipinski definition) is 2. The number of nitrogens with zero attached hydrogens (tertiary/aromatic N) is 1. The fourth-order valence-corrected chi connectivity index (χ4v) is 4.10. The van der Waals surface area contributed by atoms with Crippen molar-refractivity contribution in [3.63, 3.8) is 0 Å². The Morgan fingerprint density at radius 3 is 2.50 bits per heavy atom. The second kappa shape index (κ2) is 12.0. The van der Waals surface area contributed by atoms with Gasteiger partial charge in [-0.15, -0.1) is 11.3 Å². The van der Waals surface area contributed by atoms with Gasteiger partial charge in [-0.1, -0.05) is 48.5 Å². The molecule has 0 aliphatic rings. The van der Waals surface area contributed by atoms with E-state index in [2.05, 4.69) is 5.32 Å². The van der Waals surface area contributed by atoms with Crippen LogP contribution in [0.2, 0.25) is 0 Å². The molecule has 0 fully saturated rings. The maximum atomic E-state index is 13.6. The Balaban J connectivity index is 1.94. The van der Waals surface area contributed by atoms with Crippen LogP contribution in [0.4, 0.5) is 0 Å². The van der Waals surface area contributed by atoms with E-state index in [4.69, 9.17) is 4.74 Å². The van der Waals surface area contributed by atoms with Crippen LogP contribution in [-0.4, -0.2) is 41.6 Å². The van der Waals surface area contributed by atoms with Crippen molar-refractivity contribution in [2.75, 3.05) is 19.8 Å². The molecular formula is C25H28N2O4S. The minimum Gasteiger partial charge on any atom is -0.507 e. The molecule has 1 heterocycles. The molecule has 1 aromatic heterocycles. The van der Waals surface area contributed by atoms with E-state index in [0.717, 1.165) is 4.88 Å². The molecule has 0 spiro atoms. The average Bonchev–Trinajstić information content (AvgIpc) is 3.32. The molecule has 0 aliphatic heterocycles. The molecule has 0 saturated carbocycles. The molecule has 6 nitrogen and oxygen atoms in total. The first-order valence-corrected chi connectivity index (χ1v) is 11.5. The highest BCUT2D eigenvalue weighted by Crippen LogP contribution is 2.29. The third kappa shape index (κ3) is 6.18. The van der Waals surface area contributed by atoms with Crippen LogP contribution in [0, 0.1) is 0 Å². The van der Waals surface area contributed by atoms with Gasteiger partial charge in [0.15, 0.2) is 0 Å². The molecule has 3 rings (SSSR count). The molecule has 0 unspecified atom stereocenters. The fourth-order valence-electron chi connectivity index (χ4n) is 3.40. The highest BCUT2D eigenvalue weighted by atomic mass is 32.1. The van der Waals surface area contributed by atoms with E-state index in [1.807, 2.05) is 54.8 Å². The molecule has 0 saturated heterocycles. The lowest BCUT2D eigenvalue weighted by molar-refractivity contribution is -0.126. The van der Waals surface area contributed by atoms with Crippen molar-refractivity contribution < 1.29 is 19.4 Å². The average molecular weight is 453 g/mol. The number of benzene rings is 2. The summed E-state index contributed by atoms with van der Waals surface area (Å²) in [4.78, 5) is 29.4. The number of carbonyl (C=O) groups excluding carboxylic acids is 2. The molecule has 2 aromatic carbocycles. The summed E-state index contributed by atoms with van der Waals surface area (Å²) in [6.07, 6.45) is 0.680. The van der Waals surface area contributed by atoms with Crippen LogP contribution in [0.5, 0.6) is 5.75 Å². The first-order chi connectivity index (χ1) is 15.6. The SMILES string of the molecule is CCOCCCNC(=O)[C@@H](c1ccccc1)N(Cc1cccs1)C(=O)c1ccccc1O. The smallest absolute Gasteiger partial charge is 0.258 e. The number of ether oxygens (including phenoxy) is 1. The number of para-hydroxylation sites is 1. The van der Waals surface area contributed by atoms with Crippen molar-refractivity contribution >= 4 is 23.2 Å². The zero-order valence-corrected chi connectivity index (χ0v) is 18.9. The molecule has 32 heavy (non-hydrogen) atoms. The maximum absolute atomic E-state index is 13.6. The summed E-state index contributed by atoms with van der Waals surface area (Å²) in [5, 5.41) is 15.2. The van der Waals surface area contributed by atoms with Gasteiger partial charge in [0.1, 0.15) is 11.8 Å². The summed E-state index contributed by atoms with van der Waals surface area (Å²) in [7, 11) is 0. The predicted molar refractivity (Wildman–Crippen MR) is 126 cm³/mol. The van der Waals surface area contributed by atoms with Crippen molar-refractivity contribution in [2.24, 2.45) is 0 Å². The van der Waals surface area contributed by atoms with Gasteiger partial charge in [-0.3, -0.25) is 9.59 Å². The van der Waals surface area contributed by atoms with E-state index in [9.17, 15) is 14.7 Å². The number of amides is 2. The fraction of sp³-hybridized carbons (Fsp3) is 0.280. The van der Waals surface area contributed by atoms with Crippen LogP contribution in [0.25, 0.3) is 0 Å². The van der Waals surface area contributed by atoms with E-state index in [0.29, 0.717) is 31.7 Å². The summed E-state index contributed by atoms with van der Waals surface area (Å²) in [6, 6.07) is 18.6. The molecule has 168 valence electrons. The largest absolute Gasteiger partial charge is 0.507 e. The van der Waals surface area contributed by atoms with Crippen molar-refractivity contribution in [3.05, 3.63) is 88.1 Å². The summed E-state index contributed by atoms with van der Waals surface area (Å²) in [5.41, 5.74) is 0.865. The molecular weight excluding hydrogens is 424 g/mol. The highest BCUT2D eigenvalue weighted by molar-refractivity contribution is 7.09. The second-order valence-corrected chi connectivity index (χ2v) is 8.22. The first-order valence-electron chi connectivity index (χ1n) is 10.6. The van der Waals surface area contributed by atoms with Gasteiger partial charge in [-0.2, -0.15) is 0 Å². The summed E-state index contributed by atoms with van der Waals surface area (Å²) < 4.78 is 5.35. The summed E-state index contributed by atoms with van der Waals surface area (Å²) >= 11 is 1.51. The van der Waals surface area contributed by atoms with Crippen LogP contribution in [0.3, 0.4) is 0 Å². The molecule has 7 heteroatoms. The van der Waals surface area contributed by atoms with Gasteiger partial charge in [0.25, 0.3) is 5.91 Å². The van der Waals surface area contributed by atoms with Crippen molar-refractivity contribution in [1.29, 1.82) is 0 Å². The van der Waals surface area contributed by atoms with Crippen LogP contribution in [0.15, 0.2) is 72.1 Å². The minimum atomic E-state index is -0.850. The topological polar surface area (TPSA) is 78.9 Å². The number of hydrogen-bond acceptors (Lipinski definition) is 5. The third-order valence-corrected chi connectivity index (χ3v) is 5.81. The molecule has 2 amide bonds. The van der Waals surface area contributed by atoms with Gasteiger partial charge in [0.2, 0.25) is 5.91 Å². The zero-order valence-electron chi connectivity index (χ0n) is 18.1. The lowest BCUT2D eigenvalue weighted by Gasteiger charge is -2.31. The number of thiophene rings is 1. The Kier molecular flexibility index (Phi) is 8.83. The molecule has 2 N–H and O–H groups in total. The van der Waals surface area contributed by atoms with Crippen LogP contribution in [-0.2, 0) is 16.1 Å². The molecule has 3 aromatic rings. The molecule has 1 atom stereocenters. The van der Waals surface area contributed by atoms with Crippen LogP contribution >= 0.6 is 11.3 Å². The Hall–Kier alpha value is -3.16. The quantitative estimate of drug-likeness (QED) is 0.423. The maximum Gasteiger partial charge on any atom is 0.258 e. The van der Waals surface area contributed by atoms with Crippen molar-refractivity contribution in [2.45, 2.75) is 25.9 Å². The van der Waals surface area contributed by atoms with Gasteiger partial charge < -0.3 is 20.1 Å². The van der Waals surface area contributed by atoms with E-state index in [1.165, 1.54) is 22.3 Å². The number of rotatable bonds is 11. The van der Waals surface area contributed by atoms with E-state index in [1.54, 1.807) is 18.2 Å². The lowest BCUT2D eigenvalue weighted by Crippen LogP contribution is -2.43. The summed E-state index contributed by atoms with van der Waals surface area (Å²) in [6.45, 7) is 3.81. The Morgan fingerprint density at radius 1 is 1.06 bits per heavy atom. The van der Waals surface area contributed by atoms with Crippen LogP contribution < -0.4 is 5.32 Å². The standard InChI is InChI=1S/C25H28N2O4S/c1-2-31-16-9-15-26-24(29)23(19-10-4-3-5-11-19)27(18-20-12-8-17-32-20)25(30)21-13-6-7-14-22(21)28/h3-8,10-14,17,23,28H,2,9,15-16,18H2,1H3,(H,26,29)/t23-/m1/s1. The third-order valence-electron chi connectivity index (χ3n) is 4.95. The number of nitrogens with one attached hydrogen (secondary N) is 1. The number of phenolic OH excluding ortho intramolecular Hbond substituents is 1. The summed E-state index contributed by atoms with van der Waals surface area (Å²) in [5.74, 6) is -0.791. The van der Waals surface area contributed by atoms with Gasteiger partial charge >= 0.3 is 0 Å². The zero-order chi connectivity index (χ0) is 22.8. The highest BCUT2D eigenvalue weighted by Gasteiger charge is 2.33.